The van der Waals surface area contributed by atoms with E-state index in [1.807, 2.05) is 0 Å². The van der Waals surface area contributed by atoms with Crippen molar-refractivity contribution >= 4 is 89.5 Å². The van der Waals surface area contributed by atoms with Crippen molar-refractivity contribution in [2.24, 2.45) is 12.8 Å². The number of ether oxygens (including phenoxy) is 1. The Morgan fingerprint density at radius 2 is 1.81 bits per heavy atom. The van der Waals surface area contributed by atoms with Gasteiger partial charge in [-0.2, -0.15) is 15.0 Å². The SMILES string of the molecule is C=CC(=O)N[C@@H]1CN(c2nc(Nc3cn(CCCCNS(=O)(=O)c4ccc(Nc5ncc(Br)c(Nc6cccc(F)c6C(N)=O)n5)cc4)nc3OC)c3ncn(C)c3n2)CC1F. The van der Waals surface area contributed by atoms with Gasteiger partial charge in [0, 0.05) is 38.6 Å². The number of rotatable bonds is 18. The maximum atomic E-state index is 14.9. The second-order valence-corrected chi connectivity index (χ2v) is 16.5. The quantitative estimate of drug-likeness (QED) is 0.0522. The van der Waals surface area contributed by atoms with Crippen LogP contribution < -0.4 is 41.4 Å². The summed E-state index contributed by atoms with van der Waals surface area (Å²) >= 11 is 3.34. The van der Waals surface area contributed by atoms with Crippen molar-refractivity contribution in [3.8, 4) is 5.88 Å². The number of benzene rings is 2. The molecule has 0 saturated carbocycles. The molecule has 7 N–H and O–H groups in total. The summed E-state index contributed by atoms with van der Waals surface area (Å²) in [5.41, 5.74) is 7.08. The third kappa shape index (κ3) is 9.71. The largest absolute Gasteiger partial charge is 0.478 e. The number of amides is 2. The third-order valence-electron chi connectivity index (χ3n) is 9.55. The number of hydrogen-bond donors (Lipinski definition) is 6. The molecule has 1 fully saturated rings. The van der Waals surface area contributed by atoms with Crippen LogP contribution >= 0.6 is 15.9 Å². The first kappa shape index (κ1) is 43.3. The number of primary amides is 1. The number of methoxy groups -OCH3 is 1. The summed E-state index contributed by atoms with van der Waals surface area (Å²) in [6, 6.07) is 9.23. The van der Waals surface area contributed by atoms with Gasteiger partial charge in [0.1, 0.15) is 23.5 Å². The lowest BCUT2D eigenvalue weighted by atomic mass is 10.1. The number of imidazole rings is 1. The number of carbonyl (C=O) groups is 2. The summed E-state index contributed by atoms with van der Waals surface area (Å²) in [6.45, 7) is 4.15. The van der Waals surface area contributed by atoms with Gasteiger partial charge in [-0.3, -0.25) is 14.3 Å². The highest BCUT2D eigenvalue weighted by molar-refractivity contribution is 9.10. The van der Waals surface area contributed by atoms with E-state index in [1.54, 1.807) is 45.9 Å². The van der Waals surface area contributed by atoms with Crippen molar-refractivity contribution in [1.29, 1.82) is 0 Å². The molecule has 0 radical (unpaired) electrons. The number of aryl methyl sites for hydroxylation is 2. The molecule has 7 rings (SSSR count). The van der Waals surface area contributed by atoms with Crippen molar-refractivity contribution in [1.82, 2.24) is 49.3 Å². The van der Waals surface area contributed by atoms with Crippen molar-refractivity contribution < 1.29 is 31.5 Å². The van der Waals surface area contributed by atoms with E-state index in [1.165, 1.54) is 37.6 Å². The predicted octanol–water partition coefficient (Wildman–Crippen LogP) is 4.18. The van der Waals surface area contributed by atoms with E-state index in [9.17, 15) is 26.8 Å². The van der Waals surface area contributed by atoms with Gasteiger partial charge in [-0.25, -0.2) is 31.9 Å². The van der Waals surface area contributed by atoms with Gasteiger partial charge in [-0.1, -0.05) is 12.6 Å². The Balaban J connectivity index is 0.931. The smallest absolute Gasteiger partial charge is 0.256 e. The standard InChI is InChI=1S/C38H40BrF2N15O5S/c1-4-29(57)47-27-18-55(17-25(27)41)38-51-34(31-35(52-38)54(2)20-44-31)49-28-19-56(53-36(28)61-3)15-6-5-14-45-62(59,60)22-12-10-21(11-13-22)46-37-43-16-23(39)33(50-37)48-26-9-7-8-24(40)30(26)32(42)58/h4,7-13,16,19-20,25,27,45H,1,5-6,14-15,17-18H2,2-3H3,(H2,42,58)(H,47,57)(H,49,51,52)(H2,43,46,48,50)/t25?,27-/m1/s1. The highest BCUT2D eigenvalue weighted by Crippen LogP contribution is 2.32. The average molecular weight is 937 g/mol. The van der Waals surface area contributed by atoms with Crippen LogP contribution in [0.3, 0.4) is 0 Å². The number of fused-ring (bicyclic) bond motifs is 1. The van der Waals surface area contributed by atoms with Gasteiger partial charge >= 0.3 is 0 Å². The molecule has 6 aromatic rings. The summed E-state index contributed by atoms with van der Waals surface area (Å²) < 4.78 is 67.3. The van der Waals surface area contributed by atoms with Crippen LogP contribution in [-0.4, -0.2) is 98.5 Å². The molecular weight excluding hydrogens is 896 g/mol. The molecule has 4 aromatic heterocycles. The van der Waals surface area contributed by atoms with Crippen LogP contribution in [0.1, 0.15) is 23.2 Å². The van der Waals surface area contributed by atoms with Gasteiger partial charge in [0.2, 0.25) is 27.8 Å². The Hall–Kier alpha value is -6.79. The van der Waals surface area contributed by atoms with Gasteiger partial charge in [0.25, 0.3) is 11.8 Å². The summed E-state index contributed by atoms with van der Waals surface area (Å²) in [4.78, 5) is 47.7. The molecule has 1 aliphatic heterocycles. The van der Waals surface area contributed by atoms with Crippen molar-refractivity contribution in [3.05, 3.63) is 89.7 Å². The van der Waals surface area contributed by atoms with E-state index in [0.29, 0.717) is 52.2 Å². The van der Waals surface area contributed by atoms with Crippen LogP contribution in [0.4, 0.5) is 49.4 Å². The number of unbranched alkanes of at least 4 members (excludes halogenated alkanes) is 1. The molecule has 2 atom stereocenters. The van der Waals surface area contributed by atoms with E-state index in [4.69, 9.17) is 10.5 Å². The predicted molar refractivity (Wildman–Crippen MR) is 230 cm³/mol. The fraction of sp³-hybridized carbons (Fsp3) is 0.263. The Labute approximate surface area is 361 Å². The normalized spacial score (nSPS) is 15.1. The van der Waals surface area contributed by atoms with Crippen LogP contribution in [0.25, 0.3) is 11.2 Å². The van der Waals surface area contributed by atoms with E-state index in [-0.39, 0.29) is 59.4 Å². The van der Waals surface area contributed by atoms with Gasteiger partial charge < -0.3 is 41.2 Å². The van der Waals surface area contributed by atoms with E-state index in [2.05, 4.69) is 78.5 Å². The number of carbonyl (C=O) groups excluding carboxylic acids is 2. The molecule has 62 heavy (non-hydrogen) atoms. The van der Waals surface area contributed by atoms with Crippen LogP contribution in [-0.2, 0) is 28.4 Å². The first-order valence-electron chi connectivity index (χ1n) is 18.9. The molecule has 324 valence electrons. The maximum absolute atomic E-state index is 14.9. The molecule has 20 nitrogen and oxygen atoms in total. The highest BCUT2D eigenvalue weighted by atomic mass is 79.9. The number of nitrogens with two attached hydrogens (primary N) is 1. The molecule has 0 spiro atoms. The number of alkyl halides is 1. The zero-order valence-corrected chi connectivity index (χ0v) is 35.5. The fourth-order valence-electron chi connectivity index (χ4n) is 6.47. The Morgan fingerprint density at radius 3 is 2.55 bits per heavy atom. The van der Waals surface area contributed by atoms with Gasteiger partial charge in [-0.05, 0) is 71.2 Å². The van der Waals surface area contributed by atoms with Crippen LogP contribution in [0, 0.1) is 5.82 Å². The van der Waals surface area contributed by atoms with Crippen LogP contribution in [0.15, 0.2) is 83.2 Å². The Morgan fingerprint density at radius 1 is 1.03 bits per heavy atom. The van der Waals surface area contributed by atoms with Gasteiger partial charge in [0.05, 0.1) is 52.8 Å². The highest BCUT2D eigenvalue weighted by Gasteiger charge is 2.35. The lowest BCUT2D eigenvalue weighted by Gasteiger charge is -2.17. The second kappa shape index (κ2) is 18.4. The van der Waals surface area contributed by atoms with Crippen molar-refractivity contribution in [2.45, 2.75) is 36.5 Å². The molecule has 0 aliphatic carbocycles. The molecule has 1 saturated heterocycles. The zero-order chi connectivity index (χ0) is 44.1. The second-order valence-electron chi connectivity index (χ2n) is 13.9. The Bertz CT molecular complexity index is 2750. The topological polar surface area (TPSA) is 254 Å². The third-order valence-corrected chi connectivity index (χ3v) is 11.6. The first-order valence-corrected chi connectivity index (χ1v) is 21.1. The lowest BCUT2D eigenvalue weighted by molar-refractivity contribution is -0.117. The average Bonchev–Trinajstić information content (AvgIpc) is 3.94. The van der Waals surface area contributed by atoms with E-state index >= 15 is 0 Å². The molecule has 1 unspecified atom stereocenters. The molecule has 5 heterocycles. The summed E-state index contributed by atoms with van der Waals surface area (Å²) in [7, 11) is -0.598. The zero-order valence-electron chi connectivity index (χ0n) is 33.1. The minimum atomic E-state index is -3.85. The molecular formula is C38H40BrF2N15O5S. The Kier molecular flexibility index (Phi) is 12.9. The van der Waals surface area contributed by atoms with Crippen LogP contribution in [0.5, 0.6) is 5.88 Å². The van der Waals surface area contributed by atoms with Crippen molar-refractivity contribution in [2.75, 3.05) is 47.6 Å². The number of nitrogens with zero attached hydrogens (tertiary/aromatic N) is 9. The number of hydrogen-bond acceptors (Lipinski definition) is 15. The summed E-state index contributed by atoms with van der Waals surface area (Å²) in [5, 5.41) is 16.2. The number of halogens is 3. The molecule has 0 bridgehead atoms. The first-order chi connectivity index (χ1) is 29.7. The summed E-state index contributed by atoms with van der Waals surface area (Å²) in [6.07, 6.45) is 5.56. The molecule has 1 aliphatic rings. The van der Waals surface area contributed by atoms with Crippen molar-refractivity contribution in [3.63, 3.8) is 0 Å². The lowest BCUT2D eigenvalue weighted by Crippen LogP contribution is -2.40. The minimum Gasteiger partial charge on any atom is -0.478 e. The minimum absolute atomic E-state index is 0.0274. The molecule has 2 aromatic carbocycles. The van der Waals surface area contributed by atoms with E-state index in [0.717, 1.165) is 12.1 Å². The number of aromatic nitrogens is 8. The maximum Gasteiger partial charge on any atom is 0.256 e. The van der Waals surface area contributed by atoms with Gasteiger partial charge in [0.15, 0.2) is 17.0 Å². The number of sulfonamides is 1. The van der Waals surface area contributed by atoms with Crippen LogP contribution in [0.2, 0.25) is 0 Å². The fourth-order valence-corrected chi connectivity index (χ4v) is 7.83. The number of nitrogens with one attached hydrogen (secondary N) is 5. The molecule has 24 heteroatoms. The summed E-state index contributed by atoms with van der Waals surface area (Å²) in [5.74, 6) is -1.00. The molecule has 2 amide bonds. The van der Waals surface area contributed by atoms with Gasteiger partial charge in [-0.15, -0.1) is 5.10 Å². The van der Waals surface area contributed by atoms with E-state index < -0.39 is 39.9 Å². The number of anilines is 7. The monoisotopic (exact) mass is 935 g/mol.